The van der Waals surface area contributed by atoms with Crippen LogP contribution in [0.5, 0.6) is 5.75 Å². The van der Waals surface area contributed by atoms with Gasteiger partial charge >= 0.3 is 5.97 Å². The van der Waals surface area contributed by atoms with Crippen molar-refractivity contribution in [2.24, 2.45) is 33.7 Å². The van der Waals surface area contributed by atoms with Crippen LogP contribution in [0.3, 0.4) is 0 Å². The maximum absolute atomic E-state index is 13.5. The van der Waals surface area contributed by atoms with Crippen molar-refractivity contribution in [2.45, 2.75) is 88.0 Å². The van der Waals surface area contributed by atoms with Crippen molar-refractivity contribution in [1.29, 1.82) is 0 Å². The van der Waals surface area contributed by atoms with E-state index < -0.39 is 78.9 Å². The molecule has 0 unspecified atom stereocenters. The predicted molar refractivity (Wildman–Crippen MR) is 191 cm³/mol. The molecule has 0 radical (unpaired) electrons. The average Bonchev–Trinajstić information content (AvgIpc) is 3.10. The lowest BCUT2D eigenvalue weighted by Crippen LogP contribution is -2.59. The first kappa shape index (κ1) is 45.0. The van der Waals surface area contributed by atoms with Crippen LogP contribution in [0, 0.1) is 0 Å². The van der Waals surface area contributed by atoms with Gasteiger partial charge in [0.25, 0.3) is 0 Å². The third-order valence-corrected chi connectivity index (χ3v) is 7.71. The van der Waals surface area contributed by atoms with Gasteiger partial charge in [-0.05, 0) is 75.7 Å². The largest absolute Gasteiger partial charge is 0.508 e. The Balaban J connectivity index is 3.11. The molecule has 0 aliphatic rings. The third-order valence-electron chi connectivity index (χ3n) is 7.71. The first-order valence-corrected chi connectivity index (χ1v) is 17.0. The van der Waals surface area contributed by atoms with Crippen molar-refractivity contribution in [3.8, 4) is 5.75 Å². The highest BCUT2D eigenvalue weighted by Crippen LogP contribution is 2.12. The summed E-state index contributed by atoms with van der Waals surface area (Å²) in [6.45, 7) is -0.583. The maximum Gasteiger partial charge on any atom is 0.326 e. The number of carboxylic acids is 1. The number of aromatic hydroxyl groups is 1. The predicted octanol–water partition coefficient (Wildman–Crippen LogP) is -4.29. The SMILES string of the molecule is NCCCC[C@H](NC(=O)[C@H](CCCN=C(N)N)NC(=O)[C@H](CO)NC(=O)[C@H](Cc1ccc(O)cc1)NC(=O)CNC(=O)[C@@H](N)CCCCN)C(=O)O. The average molecular weight is 738 g/mol. The highest BCUT2D eigenvalue weighted by molar-refractivity contribution is 5.95. The van der Waals surface area contributed by atoms with Gasteiger partial charge in [-0.25, -0.2) is 4.79 Å². The number of hydrogen-bond acceptors (Lipinski definition) is 12. The number of aliphatic hydroxyl groups is 1. The van der Waals surface area contributed by atoms with Crippen LogP contribution in [0.15, 0.2) is 29.3 Å². The number of phenols is 1. The van der Waals surface area contributed by atoms with E-state index in [0.29, 0.717) is 50.8 Å². The number of carbonyl (C=O) groups is 6. The van der Waals surface area contributed by atoms with Gasteiger partial charge in [-0.1, -0.05) is 18.6 Å². The van der Waals surface area contributed by atoms with Crippen molar-refractivity contribution in [3.63, 3.8) is 0 Å². The van der Waals surface area contributed by atoms with Gasteiger partial charge in [0.1, 0.15) is 29.9 Å². The number of hydrogen-bond donors (Lipinski definition) is 13. The molecule has 0 aliphatic heterocycles. The van der Waals surface area contributed by atoms with E-state index in [1.165, 1.54) is 24.3 Å². The molecule has 0 bridgehead atoms. The van der Waals surface area contributed by atoms with Gasteiger partial charge in [-0.3, -0.25) is 29.0 Å². The maximum atomic E-state index is 13.5. The molecule has 5 amide bonds. The minimum absolute atomic E-state index is 0.0431. The van der Waals surface area contributed by atoms with Gasteiger partial charge in [0.05, 0.1) is 19.2 Å². The second-order valence-electron chi connectivity index (χ2n) is 12.0. The summed E-state index contributed by atoms with van der Waals surface area (Å²) < 4.78 is 0. The summed E-state index contributed by atoms with van der Waals surface area (Å²) in [5, 5.41) is 41.5. The normalized spacial score (nSPS) is 13.7. The molecule has 18 N–H and O–H groups in total. The van der Waals surface area contributed by atoms with Crippen LogP contribution in [0.2, 0.25) is 0 Å². The molecule has 1 aromatic rings. The summed E-state index contributed by atoms with van der Waals surface area (Å²) in [4.78, 5) is 80.8. The zero-order valence-corrected chi connectivity index (χ0v) is 29.2. The monoisotopic (exact) mass is 737 g/mol. The molecular formula is C32H55N11O9. The standard InChI is InChI=1S/C32H55N11O9/c33-13-3-1-6-21(35)27(47)39-17-26(46)40-24(16-19-9-11-20(45)12-10-19)29(49)43-25(18-44)30(50)41-22(8-5-15-38-32(36)37)28(48)42-23(31(51)52)7-2-4-14-34/h9-12,21-25,44-45H,1-8,13-18,33-35H2,(H,39,47)(H,40,46)(H,41,50)(H,42,48)(H,43,49)(H,51,52)(H4,36,37,38)/t21-,22-,23-,24-,25-/m0/s1. The lowest BCUT2D eigenvalue weighted by molar-refractivity contribution is -0.142. The molecule has 0 aromatic heterocycles. The van der Waals surface area contributed by atoms with Crippen LogP contribution in [0.1, 0.15) is 56.9 Å². The summed E-state index contributed by atoms with van der Waals surface area (Å²) in [7, 11) is 0. The molecule has 5 atom stereocenters. The van der Waals surface area contributed by atoms with Crippen LogP contribution >= 0.6 is 0 Å². The molecule has 1 aromatic carbocycles. The summed E-state index contributed by atoms with van der Waals surface area (Å²) in [5.74, 6) is -5.59. The topological polar surface area (TPSA) is 366 Å². The lowest BCUT2D eigenvalue weighted by atomic mass is 10.0. The van der Waals surface area contributed by atoms with E-state index >= 15 is 0 Å². The van der Waals surface area contributed by atoms with E-state index in [2.05, 4.69) is 31.6 Å². The zero-order chi connectivity index (χ0) is 39.1. The lowest BCUT2D eigenvalue weighted by Gasteiger charge is -2.25. The Morgan fingerprint density at radius 3 is 1.81 bits per heavy atom. The van der Waals surface area contributed by atoms with Crippen LogP contribution < -0.4 is 55.3 Å². The van der Waals surface area contributed by atoms with Crippen molar-refractivity contribution < 1.29 is 44.1 Å². The zero-order valence-electron chi connectivity index (χ0n) is 29.2. The molecule has 20 heteroatoms. The number of guanidine groups is 1. The molecule has 0 fully saturated rings. The van der Waals surface area contributed by atoms with E-state index in [0.717, 1.165) is 0 Å². The summed E-state index contributed by atoms with van der Waals surface area (Å²) in [5.41, 5.74) is 28.0. The molecule has 0 spiro atoms. The second kappa shape index (κ2) is 25.0. The number of rotatable bonds is 26. The fraction of sp³-hybridized carbons (Fsp3) is 0.594. The molecule has 1 rings (SSSR count). The first-order valence-electron chi connectivity index (χ1n) is 17.0. The number of amides is 5. The molecular weight excluding hydrogens is 682 g/mol. The van der Waals surface area contributed by atoms with Crippen LogP contribution in [-0.4, -0.2) is 120 Å². The number of unbranched alkanes of at least 4 members (excludes halogenated alkanes) is 2. The minimum Gasteiger partial charge on any atom is -0.508 e. The molecule has 0 aliphatic carbocycles. The van der Waals surface area contributed by atoms with E-state index in [4.69, 9.17) is 28.7 Å². The van der Waals surface area contributed by atoms with E-state index in [-0.39, 0.29) is 43.9 Å². The van der Waals surface area contributed by atoms with Crippen LogP contribution in [0.25, 0.3) is 0 Å². The van der Waals surface area contributed by atoms with Crippen molar-refractivity contribution in [1.82, 2.24) is 26.6 Å². The van der Waals surface area contributed by atoms with E-state index in [1.807, 2.05) is 0 Å². The number of nitrogens with one attached hydrogen (secondary N) is 5. The van der Waals surface area contributed by atoms with Crippen molar-refractivity contribution in [3.05, 3.63) is 29.8 Å². The van der Waals surface area contributed by atoms with Gasteiger partial charge in [0.15, 0.2) is 5.96 Å². The van der Waals surface area contributed by atoms with Gasteiger partial charge < -0.3 is 70.6 Å². The van der Waals surface area contributed by atoms with E-state index in [1.54, 1.807) is 0 Å². The Morgan fingerprint density at radius 2 is 1.23 bits per heavy atom. The third kappa shape index (κ3) is 18.3. The van der Waals surface area contributed by atoms with Crippen molar-refractivity contribution in [2.75, 3.05) is 32.8 Å². The Hall–Kier alpha value is -5.05. The number of benzene rings is 1. The van der Waals surface area contributed by atoms with Gasteiger partial charge in [-0.2, -0.15) is 0 Å². The Morgan fingerprint density at radius 1 is 0.692 bits per heavy atom. The van der Waals surface area contributed by atoms with Gasteiger partial charge in [0.2, 0.25) is 29.5 Å². The molecule has 0 saturated carbocycles. The minimum atomic E-state index is -1.62. The van der Waals surface area contributed by atoms with Gasteiger partial charge in [0, 0.05) is 13.0 Å². The number of aliphatic imine (C=N–C) groups is 1. The molecule has 20 nitrogen and oxygen atoms in total. The summed E-state index contributed by atoms with van der Waals surface area (Å²) >= 11 is 0. The number of aliphatic carboxylic acids is 1. The number of nitrogens with two attached hydrogens (primary N) is 5. The van der Waals surface area contributed by atoms with E-state index in [9.17, 15) is 44.1 Å². The Kier molecular flexibility index (Phi) is 21.6. The second-order valence-corrected chi connectivity index (χ2v) is 12.0. The molecule has 292 valence electrons. The van der Waals surface area contributed by atoms with Gasteiger partial charge in [-0.15, -0.1) is 0 Å². The molecule has 0 heterocycles. The summed E-state index contributed by atoms with van der Waals surface area (Å²) in [6.07, 6.45) is 2.71. The smallest absolute Gasteiger partial charge is 0.326 e. The number of phenolic OH excluding ortho intramolecular Hbond substituents is 1. The Labute approximate surface area is 302 Å². The quantitative estimate of drug-likeness (QED) is 0.0243. The highest BCUT2D eigenvalue weighted by Gasteiger charge is 2.31. The molecule has 52 heavy (non-hydrogen) atoms. The number of nitrogens with zero attached hydrogens (tertiary/aromatic N) is 1. The number of carboxylic acid groups (broad SMARTS) is 1. The van der Waals surface area contributed by atoms with Crippen LogP contribution in [-0.2, 0) is 35.2 Å². The van der Waals surface area contributed by atoms with Crippen LogP contribution in [0.4, 0.5) is 0 Å². The fourth-order valence-electron chi connectivity index (χ4n) is 4.79. The number of aliphatic hydroxyl groups excluding tert-OH is 1. The summed E-state index contributed by atoms with van der Waals surface area (Å²) in [6, 6.07) is -0.668. The van der Waals surface area contributed by atoms with Crippen molar-refractivity contribution >= 4 is 41.5 Å². The number of carbonyl (C=O) groups excluding carboxylic acids is 5. The fourth-order valence-corrected chi connectivity index (χ4v) is 4.79. The first-order chi connectivity index (χ1) is 24.7. The highest BCUT2D eigenvalue weighted by atomic mass is 16.4. The Bertz CT molecular complexity index is 1330. The molecule has 0 saturated heterocycles.